The summed E-state index contributed by atoms with van der Waals surface area (Å²) in [5, 5.41) is 10.8. The van der Waals surface area contributed by atoms with Gasteiger partial charge in [0.25, 0.3) is 5.69 Å². The van der Waals surface area contributed by atoms with Gasteiger partial charge in [-0.1, -0.05) is 33.3 Å². The van der Waals surface area contributed by atoms with E-state index in [9.17, 15) is 14.9 Å². The van der Waals surface area contributed by atoms with Crippen molar-refractivity contribution in [2.45, 2.75) is 46.1 Å². The number of ether oxygens (including phenoxy) is 2. The number of aromatic nitrogens is 1. The summed E-state index contributed by atoms with van der Waals surface area (Å²) < 4.78 is 11.2. The maximum atomic E-state index is 12.6. The van der Waals surface area contributed by atoms with Crippen LogP contribution in [0.1, 0.15) is 46.2 Å². The zero-order chi connectivity index (χ0) is 18.7. The van der Waals surface area contributed by atoms with Gasteiger partial charge in [-0.25, -0.2) is 9.78 Å². The average Bonchev–Trinajstić information content (AvgIpc) is 2.57. The third kappa shape index (κ3) is 3.56. The highest BCUT2D eigenvalue weighted by Crippen LogP contribution is 2.48. The van der Waals surface area contributed by atoms with Gasteiger partial charge in [0.1, 0.15) is 6.20 Å². The molecule has 1 aromatic rings. The molecule has 1 aromatic heterocycles. The van der Waals surface area contributed by atoms with E-state index >= 15 is 0 Å². The number of hydrogen-bond acceptors (Lipinski definition) is 6. The van der Waals surface area contributed by atoms with Gasteiger partial charge < -0.3 is 9.47 Å². The third-order valence-electron chi connectivity index (χ3n) is 4.88. The molecule has 0 bridgehead atoms. The summed E-state index contributed by atoms with van der Waals surface area (Å²) in [6.45, 7) is 8.14. The van der Waals surface area contributed by atoms with Crippen LogP contribution in [0.25, 0.3) is 5.57 Å². The average molecular weight is 348 g/mol. The Labute approximate surface area is 147 Å². The van der Waals surface area contributed by atoms with E-state index in [1.165, 1.54) is 12.3 Å². The zero-order valence-corrected chi connectivity index (χ0v) is 15.1. The van der Waals surface area contributed by atoms with E-state index in [1.807, 2.05) is 26.8 Å². The number of rotatable bonds is 6. The van der Waals surface area contributed by atoms with E-state index in [0.717, 1.165) is 18.4 Å². The van der Waals surface area contributed by atoms with E-state index in [1.54, 1.807) is 13.0 Å². The highest BCUT2D eigenvalue weighted by atomic mass is 16.6. The molecule has 136 valence electrons. The van der Waals surface area contributed by atoms with Gasteiger partial charge in [0.15, 0.2) is 5.60 Å². The van der Waals surface area contributed by atoms with Gasteiger partial charge in [0, 0.05) is 11.5 Å². The first-order chi connectivity index (χ1) is 11.7. The maximum absolute atomic E-state index is 12.6. The van der Waals surface area contributed by atoms with Crippen LogP contribution < -0.4 is 0 Å². The summed E-state index contributed by atoms with van der Waals surface area (Å²) >= 11 is 0. The molecular formula is C18H24N2O5. The van der Waals surface area contributed by atoms with Gasteiger partial charge in [-0.05, 0) is 25.0 Å². The van der Waals surface area contributed by atoms with Crippen LogP contribution in [0.2, 0.25) is 0 Å². The van der Waals surface area contributed by atoms with Crippen LogP contribution in [0.4, 0.5) is 5.69 Å². The van der Waals surface area contributed by atoms with Crippen molar-refractivity contribution in [3.05, 3.63) is 40.2 Å². The lowest BCUT2D eigenvalue weighted by Gasteiger charge is -2.45. The van der Waals surface area contributed by atoms with Gasteiger partial charge >= 0.3 is 5.97 Å². The van der Waals surface area contributed by atoms with Crippen LogP contribution in [-0.4, -0.2) is 34.7 Å². The lowest BCUT2D eigenvalue weighted by atomic mass is 9.68. The summed E-state index contributed by atoms with van der Waals surface area (Å²) in [6.07, 6.45) is 4.81. The van der Waals surface area contributed by atoms with Gasteiger partial charge in [-0.2, -0.15) is 0 Å². The predicted octanol–water partition coefficient (Wildman–Crippen LogP) is 3.53. The number of carbonyl (C=O) groups is 1. The fraction of sp³-hybridized carbons (Fsp3) is 0.556. The van der Waals surface area contributed by atoms with Crippen molar-refractivity contribution in [3.8, 4) is 0 Å². The van der Waals surface area contributed by atoms with Crippen molar-refractivity contribution in [1.82, 2.24) is 4.98 Å². The predicted molar refractivity (Wildman–Crippen MR) is 92.9 cm³/mol. The zero-order valence-electron chi connectivity index (χ0n) is 15.1. The van der Waals surface area contributed by atoms with E-state index < -0.39 is 21.9 Å². The molecule has 1 unspecified atom stereocenters. The van der Waals surface area contributed by atoms with Crippen LogP contribution in [-0.2, 0) is 14.3 Å². The van der Waals surface area contributed by atoms with Gasteiger partial charge in [-0.15, -0.1) is 0 Å². The monoisotopic (exact) mass is 348 g/mol. The van der Waals surface area contributed by atoms with Crippen LogP contribution in [0, 0.1) is 15.5 Å². The molecule has 7 heteroatoms. The molecule has 0 saturated carbocycles. The number of nitrogens with zero attached hydrogens (tertiary/aromatic N) is 2. The van der Waals surface area contributed by atoms with Crippen molar-refractivity contribution in [2.24, 2.45) is 5.41 Å². The second kappa shape index (κ2) is 7.31. The van der Waals surface area contributed by atoms with Gasteiger partial charge in [0.05, 0.1) is 23.8 Å². The molecular weight excluding hydrogens is 324 g/mol. The largest absolute Gasteiger partial charge is 0.464 e. The van der Waals surface area contributed by atoms with Crippen LogP contribution in [0.3, 0.4) is 0 Å². The van der Waals surface area contributed by atoms with Gasteiger partial charge in [-0.3, -0.25) is 10.1 Å². The van der Waals surface area contributed by atoms with Crippen molar-refractivity contribution < 1.29 is 19.2 Å². The minimum Gasteiger partial charge on any atom is -0.464 e. The molecule has 0 aromatic carbocycles. The summed E-state index contributed by atoms with van der Waals surface area (Å²) in [6, 6.07) is 3.01. The van der Waals surface area contributed by atoms with Crippen molar-refractivity contribution in [2.75, 3.05) is 13.2 Å². The summed E-state index contributed by atoms with van der Waals surface area (Å²) in [7, 11) is 0. The first-order valence-electron chi connectivity index (χ1n) is 8.36. The minimum atomic E-state index is -1.16. The highest BCUT2D eigenvalue weighted by Gasteiger charge is 2.54. The molecule has 1 aliphatic rings. The molecule has 2 rings (SSSR count). The molecule has 2 heterocycles. The van der Waals surface area contributed by atoms with E-state index in [4.69, 9.17) is 9.47 Å². The van der Waals surface area contributed by atoms with Gasteiger partial charge in [0.2, 0.25) is 0 Å². The molecule has 7 nitrogen and oxygen atoms in total. The Morgan fingerprint density at radius 2 is 2.12 bits per heavy atom. The summed E-state index contributed by atoms with van der Waals surface area (Å²) in [4.78, 5) is 27.2. The summed E-state index contributed by atoms with van der Waals surface area (Å²) in [5.74, 6) is -0.404. The van der Waals surface area contributed by atoms with Crippen LogP contribution in [0.5, 0.6) is 0 Å². The van der Waals surface area contributed by atoms with Crippen molar-refractivity contribution in [3.63, 3.8) is 0 Å². The number of carbonyl (C=O) groups excluding carboxylic acids is 1. The van der Waals surface area contributed by atoms with E-state index in [0.29, 0.717) is 12.3 Å². The fourth-order valence-electron chi connectivity index (χ4n) is 2.82. The molecule has 0 aliphatic carbocycles. The number of hydrogen-bond donors (Lipinski definition) is 0. The number of pyridine rings is 1. The Morgan fingerprint density at radius 1 is 1.40 bits per heavy atom. The molecule has 0 N–H and O–H groups in total. The molecule has 0 saturated heterocycles. The van der Waals surface area contributed by atoms with E-state index in [2.05, 4.69) is 4.98 Å². The lowest BCUT2D eigenvalue weighted by molar-refractivity contribution is -0.385. The highest BCUT2D eigenvalue weighted by molar-refractivity contribution is 5.86. The quantitative estimate of drug-likeness (QED) is 0.338. The first kappa shape index (κ1) is 19.1. The molecule has 1 aliphatic heterocycles. The van der Waals surface area contributed by atoms with Crippen molar-refractivity contribution >= 4 is 17.2 Å². The van der Waals surface area contributed by atoms with Crippen molar-refractivity contribution in [1.29, 1.82) is 0 Å². The first-order valence-corrected chi connectivity index (χ1v) is 8.36. The number of unbranched alkanes of at least 4 members (excludes halogenated alkanes) is 1. The molecule has 25 heavy (non-hydrogen) atoms. The molecule has 0 fully saturated rings. The number of nitro groups is 1. The molecule has 0 radical (unpaired) electrons. The smallest absolute Gasteiger partial charge is 0.339 e. The summed E-state index contributed by atoms with van der Waals surface area (Å²) in [5.41, 5.74) is -0.544. The van der Waals surface area contributed by atoms with Crippen LogP contribution >= 0.6 is 0 Å². The molecule has 0 amide bonds. The molecule has 1 atom stereocenters. The Balaban J connectivity index is 2.30. The Bertz CT molecular complexity index is 681. The Morgan fingerprint density at radius 3 is 2.68 bits per heavy atom. The van der Waals surface area contributed by atoms with E-state index in [-0.39, 0.29) is 12.3 Å². The second-order valence-electron chi connectivity index (χ2n) is 6.74. The standard InChI is InChI=1S/C18H24N2O5/c1-5-6-10-24-16(21)18(4)17(2,3)14(9-11-25-18)15-8-7-13(12-19-15)20(22)23/h7-9,12H,5-6,10-11H2,1-4H3. The SMILES string of the molecule is CCCCOC(=O)C1(C)OCC=C(c2ccc([N+](=O)[O-])cn2)C1(C)C. The Kier molecular flexibility index (Phi) is 5.57. The Hall–Kier alpha value is -2.28. The maximum Gasteiger partial charge on any atom is 0.339 e. The third-order valence-corrected chi connectivity index (χ3v) is 4.88. The fourth-order valence-corrected chi connectivity index (χ4v) is 2.82. The minimum absolute atomic E-state index is 0.0732. The lowest BCUT2D eigenvalue weighted by Crippen LogP contribution is -2.54. The van der Waals surface area contributed by atoms with Crippen LogP contribution in [0.15, 0.2) is 24.4 Å². The second-order valence-corrected chi connectivity index (χ2v) is 6.74. The number of esters is 1. The topological polar surface area (TPSA) is 91.6 Å². The molecule has 0 spiro atoms. The normalized spacial score (nSPS) is 22.2.